The van der Waals surface area contributed by atoms with Crippen molar-refractivity contribution in [2.75, 3.05) is 86.5 Å². The van der Waals surface area contributed by atoms with E-state index < -0.39 is 53.8 Å². The van der Waals surface area contributed by atoms with Crippen molar-refractivity contribution in [2.24, 2.45) is 5.92 Å². The Morgan fingerprint density at radius 3 is 2.27 bits per heavy atom. The zero-order valence-corrected chi connectivity index (χ0v) is 33.4. The van der Waals surface area contributed by atoms with Gasteiger partial charge in [0, 0.05) is 83.2 Å². The molecule has 3 saturated heterocycles. The molecule has 0 spiro atoms. The van der Waals surface area contributed by atoms with Gasteiger partial charge in [-0.05, 0) is 68.5 Å². The van der Waals surface area contributed by atoms with E-state index in [1.165, 1.54) is 37.4 Å². The van der Waals surface area contributed by atoms with Crippen LogP contribution in [0.4, 0.5) is 46.4 Å². The van der Waals surface area contributed by atoms with Crippen molar-refractivity contribution in [3.8, 4) is 5.75 Å². The third-order valence-electron chi connectivity index (χ3n) is 11.4. The number of hydrazine groups is 1. The number of nitrogens with zero attached hydrogens (tertiary/aromatic N) is 7. The molecule has 0 unspecified atom stereocenters. The number of carbonyl (C=O) groups excluding carboxylic acids is 4. The number of anilines is 5. The summed E-state index contributed by atoms with van der Waals surface area (Å²) in [7, 11) is 2.72. The Balaban J connectivity index is 0.897. The lowest BCUT2D eigenvalue weighted by atomic mass is 9.89. The summed E-state index contributed by atoms with van der Waals surface area (Å²) in [6, 6.07) is 6.92. The van der Waals surface area contributed by atoms with Crippen LogP contribution in [0.15, 0.2) is 36.5 Å². The number of hydrogen-bond donors (Lipinski definition) is 3. The van der Waals surface area contributed by atoms with Gasteiger partial charge in [0.15, 0.2) is 5.82 Å². The maximum Gasteiger partial charge on any atom is 0.342 e. The highest BCUT2D eigenvalue weighted by molar-refractivity contribution is 6.02. The third kappa shape index (κ3) is 9.05. The Morgan fingerprint density at radius 2 is 1.64 bits per heavy atom. The number of carbonyl (C=O) groups is 4. The summed E-state index contributed by atoms with van der Waals surface area (Å²) >= 11 is 0. The first-order chi connectivity index (χ1) is 28.1. The van der Waals surface area contributed by atoms with Gasteiger partial charge in [-0.2, -0.15) is 13.8 Å². The number of ether oxygens (including phenoxy) is 1. The summed E-state index contributed by atoms with van der Waals surface area (Å²) in [6.07, 6.45) is 3.01. The number of piperidine rings is 2. The minimum atomic E-state index is -3.62. The van der Waals surface area contributed by atoms with E-state index in [4.69, 9.17) is 4.74 Å². The fourth-order valence-electron chi connectivity index (χ4n) is 8.16. The molecule has 59 heavy (non-hydrogen) atoms. The lowest BCUT2D eigenvalue weighted by Gasteiger charge is -2.39. The second-order valence-electron chi connectivity index (χ2n) is 15.8. The first kappa shape index (κ1) is 41.6. The van der Waals surface area contributed by atoms with E-state index in [1.807, 2.05) is 5.01 Å². The van der Waals surface area contributed by atoms with E-state index in [0.717, 1.165) is 24.3 Å². The number of alkyl halides is 2. The fourth-order valence-corrected chi connectivity index (χ4v) is 8.16. The van der Waals surface area contributed by atoms with Crippen LogP contribution in [0.3, 0.4) is 0 Å². The van der Waals surface area contributed by atoms with Crippen LogP contribution in [0.2, 0.25) is 0 Å². The molecule has 316 valence electrons. The summed E-state index contributed by atoms with van der Waals surface area (Å²) in [5, 5.41) is 7.15. The molecule has 4 aliphatic heterocycles. The molecular formula is C40H48F4N10O5. The molecule has 0 saturated carbocycles. The van der Waals surface area contributed by atoms with Gasteiger partial charge in [-0.1, -0.05) is 0 Å². The van der Waals surface area contributed by atoms with E-state index in [1.54, 1.807) is 36.9 Å². The predicted octanol–water partition coefficient (Wildman–Crippen LogP) is 4.03. The predicted molar refractivity (Wildman–Crippen MR) is 211 cm³/mol. The van der Waals surface area contributed by atoms with Crippen LogP contribution in [-0.2, 0) is 14.4 Å². The number of nitrogens with one attached hydrogen (secondary N) is 3. The summed E-state index contributed by atoms with van der Waals surface area (Å²) in [6.45, 7) is 6.90. The molecule has 0 atom stereocenters. The van der Waals surface area contributed by atoms with Crippen LogP contribution < -0.4 is 35.5 Å². The van der Waals surface area contributed by atoms with E-state index in [2.05, 4.69) is 30.9 Å². The van der Waals surface area contributed by atoms with Crippen LogP contribution in [0.5, 0.6) is 5.75 Å². The molecule has 7 rings (SSSR count). The quantitative estimate of drug-likeness (QED) is 0.200. The number of hydrogen-bond acceptors (Lipinski definition) is 12. The van der Waals surface area contributed by atoms with Gasteiger partial charge >= 0.3 is 5.92 Å². The first-order valence-corrected chi connectivity index (χ1v) is 19.7. The topological polar surface area (TPSA) is 156 Å². The van der Waals surface area contributed by atoms with Crippen LogP contribution in [0.25, 0.3) is 0 Å². The van der Waals surface area contributed by atoms with Gasteiger partial charge in [-0.15, -0.1) is 0 Å². The monoisotopic (exact) mass is 824 g/mol. The number of methoxy groups -OCH3 is 1. The van der Waals surface area contributed by atoms with Gasteiger partial charge < -0.3 is 24.8 Å². The highest BCUT2D eigenvalue weighted by Crippen LogP contribution is 2.38. The summed E-state index contributed by atoms with van der Waals surface area (Å²) < 4.78 is 65.6. The Hall–Kier alpha value is -5.56. The van der Waals surface area contributed by atoms with Gasteiger partial charge in [-0.25, -0.2) is 18.8 Å². The zero-order valence-electron chi connectivity index (χ0n) is 33.4. The molecule has 2 aromatic carbocycles. The highest BCUT2D eigenvalue weighted by Gasteiger charge is 2.47. The number of aromatic nitrogens is 2. The molecule has 5 heterocycles. The molecule has 4 aliphatic rings. The number of fused-ring (bicyclic) bond motifs is 1. The standard InChI is InChI=1S/C40H48F4N10O5/c1-23(2)54-22-40(43,44)38(58)50(3)31-20-45-39(48-36(31)54)46-30-6-5-25(17-32(30)59-4)37(57)49-53-9-7-24(8-10-53)21-51-11-13-52(14-12-51)35-28(41)15-26(16-29(35)42)27-18-33(55)47-34(56)19-27/h5-6,15-17,20,23-24,27H,7-14,18-19,21-22H2,1-4H3,(H,49,57)(H,45,46,48)(H,47,55,56). The van der Waals surface area contributed by atoms with Gasteiger partial charge in [-0.3, -0.25) is 34.8 Å². The molecule has 3 N–H and O–H groups in total. The molecule has 15 nitrogen and oxygen atoms in total. The lowest BCUT2D eigenvalue weighted by molar-refractivity contribution is -0.140. The summed E-state index contributed by atoms with van der Waals surface area (Å²) in [4.78, 5) is 64.4. The lowest BCUT2D eigenvalue weighted by Crippen LogP contribution is -2.51. The van der Waals surface area contributed by atoms with Crippen molar-refractivity contribution in [3.63, 3.8) is 0 Å². The van der Waals surface area contributed by atoms with E-state index in [9.17, 15) is 28.0 Å². The van der Waals surface area contributed by atoms with Crippen LogP contribution in [0.1, 0.15) is 61.4 Å². The smallest absolute Gasteiger partial charge is 0.342 e. The maximum atomic E-state index is 15.3. The second kappa shape index (κ2) is 17.0. The normalized spacial score (nSPS) is 19.7. The van der Waals surface area contributed by atoms with Gasteiger partial charge in [0.25, 0.3) is 11.8 Å². The first-order valence-electron chi connectivity index (χ1n) is 19.7. The van der Waals surface area contributed by atoms with Gasteiger partial charge in [0.05, 0.1) is 25.5 Å². The van der Waals surface area contributed by atoms with E-state index >= 15 is 8.78 Å². The Labute approximate surface area is 339 Å². The molecule has 3 aromatic rings. The summed E-state index contributed by atoms with van der Waals surface area (Å²) in [5.41, 5.74) is 4.13. The molecule has 0 bridgehead atoms. The molecule has 1 aromatic heterocycles. The van der Waals surface area contributed by atoms with Crippen molar-refractivity contribution in [1.29, 1.82) is 0 Å². The number of benzene rings is 2. The number of piperazine rings is 1. The van der Waals surface area contributed by atoms with E-state index in [0.29, 0.717) is 67.8 Å². The molecule has 0 radical (unpaired) electrons. The Kier molecular flexibility index (Phi) is 12.0. The maximum absolute atomic E-state index is 15.3. The number of halogens is 4. The Bertz CT molecular complexity index is 2070. The van der Waals surface area contributed by atoms with E-state index in [-0.39, 0.29) is 41.9 Å². The average Bonchev–Trinajstić information content (AvgIpc) is 3.27. The largest absolute Gasteiger partial charge is 0.495 e. The minimum Gasteiger partial charge on any atom is -0.495 e. The highest BCUT2D eigenvalue weighted by atomic mass is 19.3. The summed E-state index contributed by atoms with van der Waals surface area (Å²) in [5.74, 6) is -7.18. The SMILES string of the molecule is COc1cc(C(=O)NN2CCC(CN3CCN(c4c(F)cc(C5CC(=O)NC(=O)C5)cc4F)CC3)CC2)ccc1Nc1ncc2c(n1)N(C(C)C)CC(F)(F)C(=O)N2C. The van der Waals surface area contributed by atoms with Crippen molar-refractivity contribution in [1.82, 2.24) is 30.6 Å². The molecule has 4 amide bonds. The molecular weight excluding hydrogens is 776 g/mol. The molecule has 0 aliphatic carbocycles. The van der Waals surface area contributed by atoms with Crippen molar-refractivity contribution in [2.45, 2.75) is 57.4 Å². The second-order valence-corrected chi connectivity index (χ2v) is 15.8. The molecule has 19 heteroatoms. The van der Waals surface area contributed by atoms with Crippen LogP contribution in [0, 0.1) is 17.6 Å². The third-order valence-corrected chi connectivity index (χ3v) is 11.4. The van der Waals surface area contributed by atoms with Crippen molar-refractivity contribution in [3.05, 3.63) is 59.3 Å². The average molecular weight is 825 g/mol. The van der Waals surface area contributed by atoms with Crippen LogP contribution in [-0.4, -0.2) is 122 Å². The zero-order chi connectivity index (χ0) is 42.2. The number of rotatable bonds is 10. The van der Waals surface area contributed by atoms with Crippen molar-refractivity contribution >= 4 is 52.5 Å². The molecule has 3 fully saturated rings. The minimum absolute atomic E-state index is 0.00474. The van der Waals surface area contributed by atoms with Gasteiger partial charge in [0.2, 0.25) is 17.8 Å². The number of imide groups is 1. The van der Waals surface area contributed by atoms with Gasteiger partial charge in [0.1, 0.15) is 28.8 Å². The number of amides is 4. The van der Waals surface area contributed by atoms with Crippen LogP contribution >= 0.6 is 0 Å². The van der Waals surface area contributed by atoms with Crippen molar-refractivity contribution < 1.29 is 41.5 Å². The Morgan fingerprint density at radius 1 is 0.983 bits per heavy atom. The fraction of sp³-hybridized carbons (Fsp3) is 0.500.